The Hall–Kier alpha value is -2.94. The van der Waals surface area contributed by atoms with Gasteiger partial charge in [0.15, 0.2) is 5.78 Å². The van der Waals surface area contributed by atoms with E-state index in [0.717, 1.165) is 69.1 Å². The van der Waals surface area contributed by atoms with Crippen LogP contribution in [-0.4, -0.2) is 58.8 Å². The summed E-state index contributed by atoms with van der Waals surface area (Å²) in [5, 5.41) is 29.3. The zero-order valence-electron chi connectivity index (χ0n) is 30.7. The standard InChI is InChI=1S/C43H56N2O5S/c1-39-19-15-31(46)26-41(39)22-23-43(34(27-41)37(47)29-8-5-4-6-9-29)35(39)16-20-40(2)36(43)17-21-42(40,49)28-45(24-18-33-10-7-25-51-33)38(48)44-30-11-13-32(50-3)14-12-30/h7,10-14,22-23,25,27,29,31,35-36,46,49H,4-6,8-9,15-21,24,26,28H2,1-3H3,(H,44,48)/t31?,35-,36-,39-,40+,41+,42-,43-/m1/s1. The number of aliphatic hydroxyl groups excluding tert-OH is 1. The summed E-state index contributed by atoms with van der Waals surface area (Å²) in [5.41, 5.74) is -0.737. The van der Waals surface area contributed by atoms with Crippen LogP contribution in [0.25, 0.3) is 0 Å². The highest BCUT2D eigenvalue weighted by atomic mass is 32.1. The van der Waals surface area contributed by atoms with Crippen LogP contribution in [0.1, 0.15) is 95.8 Å². The van der Waals surface area contributed by atoms with Crippen LogP contribution in [0.4, 0.5) is 10.5 Å². The van der Waals surface area contributed by atoms with Gasteiger partial charge in [-0.25, -0.2) is 4.79 Å². The molecule has 1 heterocycles. The predicted octanol–water partition coefficient (Wildman–Crippen LogP) is 8.57. The van der Waals surface area contributed by atoms with Crippen molar-refractivity contribution in [3.05, 3.63) is 70.5 Å². The van der Waals surface area contributed by atoms with Crippen LogP contribution in [0.5, 0.6) is 5.75 Å². The van der Waals surface area contributed by atoms with E-state index in [1.165, 1.54) is 11.3 Å². The van der Waals surface area contributed by atoms with Crippen LogP contribution in [0.3, 0.4) is 0 Å². The second kappa shape index (κ2) is 12.9. The van der Waals surface area contributed by atoms with Gasteiger partial charge in [0.1, 0.15) is 5.75 Å². The number of allylic oxidation sites excluding steroid dienone is 4. The molecule has 1 aromatic heterocycles. The average Bonchev–Trinajstić information content (AvgIpc) is 3.76. The van der Waals surface area contributed by atoms with E-state index in [0.29, 0.717) is 37.3 Å². The molecule has 2 spiro atoms. The highest BCUT2D eigenvalue weighted by molar-refractivity contribution is 7.09. The minimum Gasteiger partial charge on any atom is -0.497 e. The number of methoxy groups -OCH3 is 1. The number of carbonyl (C=O) groups is 2. The molecular formula is C43H56N2O5S. The minimum absolute atomic E-state index is 0.0512. The van der Waals surface area contributed by atoms with Gasteiger partial charge in [0.2, 0.25) is 0 Å². The van der Waals surface area contributed by atoms with Crippen molar-refractivity contribution in [3.8, 4) is 5.75 Å². The molecule has 0 saturated heterocycles. The van der Waals surface area contributed by atoms with Crippen LogP contribution in [0.2, 0.25) is 0 Å². The Morgan fingerprint density at radius 1 is 0.941 bits per heavy atom. The van der Waals surface area contributed by atoms with Gasteiger partial charge >= 0.3 is 6.03 Å². The topological polar surface area (TPSA) is 99.1 Å². The number of urea groups is 1. The fraction of sp³-hybridized carbons (Fsp3) is 0.628. The van der Waals surface area contributed by atoms with E-state index in [9.17, 15) is 19.8 Å². The summed E-state index contributed by atoms with van der Waals surface area (Å²) in [6.07, 6.45) is 18.5. The number of ether oxygens (including phenoxy) is 1. The lowest BCUT2D eigenvalue weighted by atomic mass is 9.32. The maximum atomic E-state index is 14.9. The number of Topliss-reactive ketones (excluding diaryl/α,β-unsaturated/α-hetero) is 1. The van der Waals surface area contributed by atoms with E-state index >= 15 is 0 Å². The Labute approximate surface area is 307 Å². The summed E-state index contributed by atoms with van der Waals surface area (Å²) >= 11 is 1.69. The number of ketones is 1. The lowest BCUT2D eigenvalue weighted by Gasteiger charge is -2.71. The average molecular weight is 713 g/mol. The predicted molar refractivity (Wildman–Crippen MR) is 202 cm³/mol. The van der Waals surface area contributed by atoms with Gasteiger partial charge in [-0.1, -0.05) is 57.4 Å². The highest BCUT2D eigenvalue weighted by Gasteiger charge is 2.74. The molecule has 9 rings (SSSR count). The summed E-state index contributed by atoms with van der Waals surface area (Å²) in [7, 11) is 1.63. The summed E-state index contributed by atoms with van der Waals surface area (Å²) in [4.78, 5) is 32.0. The van der Waals surface area contributed by atoms with Crippen molar-refractivity contribution in [2.75, 3.05) is 25.5 Å². The van der Waals surface area contributed by atoms with Gasteiger partial charge < -0.3 is 25.2 Å². The van der Waals surface area contributed by atoms with Gasteiger partial charge in [0.25, 0.3) is 0 Å². The molecule has 51 heavy (non-hydrogen) atoms. The van der Waals surface area contributed by atoms with Crippen molar-refractivity contribution in [1.29, 1.82) is 0 Å². The molecule has 3 N–H and O–H groups in total. The largest absolute Gasteiger partial charge is 0.497 e. The molecule has 1 aromatic carbocycles. The summed E-state index contributed by atoms with van der Waals surface area (Å²) < 4.78 is 5.32. The third-order valence-corrected chi connectivity index (χ3v) is 16.2. The maximum Gasteiger partial charge on any atom is 0.321 e. The van der Waals surface area contributed by atoms with E-state index < -0.39 is 16.4 Å². The first-order valence-corrected chi connectivity index (χ1v) is 20.5. The Morgan fingerprint density at radius 2 is 1.67 bits per heavy atom. The molecule has 4 saturated carbocycles. The zero-order chi connectivity index (χ0) is 35.6. The van der Waals surface area contributed by atoms with Crippen LogP contribution >= 0.6 is 11.3 Å². The third kappa shape index (κ3) is 5.40. The number of anilines is 1. The van der Waals surface area contributed by atoms with Crippen molar-refractivity contribution < 1.29 is 24.5 Å². The number of benzene rings is 1. The number of nitrogens with zero attached hydrogens (tertiary/aromatic N) is 1. The molecule has 4 fully saturated rings. The van der Waals surface area contributed by atoms with E-state index in [-0.39, 0.29) is 47.3 Å². The quantitative estimate of drug-likeness (QED) is 0.226. The first-order chi connectivity index (χ1) is 24.5. The number of amides is 2. The molecule has 2 bridgehead atoms. The van der Waals surface area contributed by atoms with Crippen LogP contribution in [-0.2, 0) is 11.2 Å². The molecule has 8 atom stereocenters. The van der Waals surface area contributed by atoms with Gasteiger partial charge in [-0.2, -0.15) is 0 Å². The number of thiophene rings is 1. The second-order valence-electron chi connectivity index (χ2n) is 17.4. The SMILES string of the molecule is COc1ccc(NC(=O)N(CCc2cccs2)C[C@]2(O)CC[C@H]3[C@]45C=C[C@@]6(C=C4C(=O)C4CCCCC4)CC(O)CC[C@]6(C)[C@H]5CC[C@@]32C)cc1. The highest BCUT2D eigenvalue weighted by Crippen LogP contribution is 2.78. The van der Waals surface area contributed by atoms with Crippen LogP contribution < -0.4 is 10.1 Å². The van der Waals surface area contributed by atoms with Crippen molar-refractivity contribution >= 4 is 28.8 Å². The number of nitrogens with one attached hydrogen (secondary N) is 1. The Bertz CT molecular complexity index is 1700. The lowest BCUT2D eigenvalue weighted by molar-refractivity contribution is -0.178. The monoisotopic (exact) mass is 712 g/mol. The van der Waals surface area contributed by atoms with Gasteiger partial charge in [0, 0.05) is 44.8 Å². The van der Waals surface area contributed by atoms with E-state index in [1.54, 1.807) is 18.4 Å². The first-order valence-electron chi connectivity index (χ1n) is 19.6. The molecule has 8 heteroatoms. The summed E-state index contributed by atoms with van der Waals surface area (Å²) in [6, 6.07) is 11.3. The van der Waals surface area contributed by atoms with Gasteiger partial charge in [0.05, 0.1) is 25.4 Å². The summed E-state index contributed by atoms with van der Waals surface area (Å²) in [5.74, 6) is 1.48. The lowest BCUT2D eigenvalue weighted by Crippen LogP contribution is -2.67. The summed E-state index contributed by atoms with van der Waals surface area (Å²) in [6.45, 7) is 5.45. The number of carbonyl (C=O) groups excluding carboxylic acids is 2. The first kappa shape index (κ1) is 35.1. The molecule has 1 unspecified atom stereocenters. The normalized spacial score (nSPS) is 38.3. The zero-order valence-corrected chi connectivity index (χ0v) is 31.5. The molecular weight excluding hydrogens is 657 g/mol. The number of aliphatic hydroxyl groups is 2. The fourth-order valence-electron chi connectivity index (χ4n) is 12.3. The number of fused-ring (bicyclic) bond motifs is 1. The van der Waals surface area contributed by atoms with Gasteiger partial charge in [-0.05, 0) is 117 Å². The smallest absolute Gasteiger partial charge is 0.321 e. The molecule has 7 aliphatic rings. The number of hydrogen-bond donors (Lipinski definition) is 3. The van der Waals surface area contributed by atoms with Crippen LogP contribution in [0, 0.1) is 39.4 Å². The number of rotatable bonds is 9. The van der Waals surface area contributed by atoms with E-state index in [1.807, 2.05) is 35.2 Å². The Morgan fingerprint density at radius 3 is 2.39 bits per heavy atom. The van der Waals surface area contributed by atoms with Gasteiger partial charge in [-0.3, -0.25) is 4.79 Å². The molecule has 2 aromatic rings. The van der Waals surface area contributed by atoms with E-state index in [4.69, 9.17) is 4.74 Å². The van der Waals surface area contributed by atoms with Crippen molar-refractivity contribution in [3.63, 3.8) is 0 Å². The fourth-order valence-corrected chi connectivity index (χ4v) is 13.0. The Kier molecular flexibility index (Phi) is 8.86. The third-order valence-electron chi connectivity index (χ3n) is 15.2. The van der Waals surface area contributed by atoms with Crippen molar-refractivity contribution in [1.82, 2.24) is 4.90 Å². The second-order valence-corrected chi connectivity index (χ2v) is 18.5. The van der Waals surface area contributed by atoms with Gasteiger partial charge in [-0.15, -0.1) is 11.3 Å². The molecule has 7 nitrogen and oxygen atoms in total. The van der Waals surface area contributed by atoms with Crippen LogP contribution in [0.15, 0.2) is 65.6 Å². The Balaban J connectivity index is 1.14. The molecule has 0 radical (unpaired) electrons. The van der Waals surface area contributed by atoms with Crippen molar-refractivity contribution in [2.45, 2.75) is 109 Å². The minimum atomic E-state index is -1.12. The van der Waals surface area contributed by atoms with E-state index in [2.05, 4.69) is 48.8 Å². The maximum absolute atomic E-state index is 14.9. The molecule has 2 amide bonds. The molecule has 274 valence electrons. The molecule has 7 aliphatic carbocycles. The molecule has 0 aliphatic heterocycles. The van der Waals surface area contributed by atoms with Crippen molar-refractivity contribution in [2.24, 2.45) is 39.4 Å². The number of hydrogen-bond acceptors (Lipinski definition) is 6.